The summed E-state index contributed by atoms with van der Waals surface area (Å²) in [6, 6.07) is 5.60. The molecule has 1 aliphatic rings. The molecule has 0 heterocycles. The van der Waals surface area contributed by atoms with E-state index in [4.69, 9.17) is 10.2 Å². The van der Waals surface area contributed by atoms with Crippen molar-refractivity contribution < 1.29 is 37.8 Å². The zero-order valence-electron chi connectivity index (χ0n) is 16.0. The number of alkyl halides is 3. The van der Waals surface area contributed by atoms with Crippen LogP contribution in [0.2, 0.25) is 0 Å². The Bertz CT molecular complexity index is 843. The number of amides is 1. The van der Waals surface area contributed by atoms with Crippen molar-refractivity contribution in [2.45, 2.75) is 50.2 Å². The summed E-state index contributed by atoms with van der Waals surface area (Å²) in [5.41, 5.74) is 0.520. The van der Waals surface area contributed by atoms with Gasteiger partial charge in [0.25, 0.3) is 0 Å². The molecule has 0 aliphatic heterocycles. The first-order chi connectivity index (χ1) is 14.1. The van der Waals surface area contributed by atoms with E-state index in [1.807, 2.05) is 0 Å². The van der Waals surface area contributed by atoms with Crippen LogP contribution < -0.4 is 5.32 Å². The lowest BCUT2D eigenvalue weighted by Crippen LogP contribution is -2.38. The molecule has 0 aromatic heterocycles. The van der Waals surface area contributed by atoms with Gasteiger partial charge in [-0.05, 0) is 24.0 Å². The van der Waals surface area contributed by atoms with Crippen molar-refractivity contribution in [3.05, 3.63) is 59.2 Å². The Balaban J connectivity index is 2.08. The maximum absolute atomic E-state index is 13.2. The van der Waals surface area contributed by atoms with Gasteiger partial charge in [-0.15, -0.1) is 0 Å². The van der Waals surface area contributed by atoms with Gasteiger partial charge in [0.1, 0.15) is 0 Å². The number of carboxylic acids is 2. The van der Waals surface area contributed by atoms with E-state index in [0.29, 0.717) is 11.1 Å². The van der Waals surface area contributed by atoms with Gasteiger partial charge in [0.05, 0.1) is 12.8 Å². The summed E-state index contributed by atoms with van der Waals surface area (Å²) in [4.78, 5) is 33.5. The van der Waals surface area contributed by atoms with E-state index in [0.717, 1.165) is 6.08 Å². The normalized spacial score (nSPS) is 17.2. The quantitative estimate of drug-likeness (QED) is 0.561. The van der Waals surface area contributed by atoms with E-state index in [9.17, 15) is 27.6 Å². The van der Waals surface area contributed by atoms with Crippen LogP contribution in [0.5, 0.6) is 0 Å². The Hall–Kier alpha value is -3.10. The van der Waals surface area contributed by atoms with Crippen LogP contribution in [0.4, 0.5) is 13.2 Å². The van der Waals surface area contributed by atoms with E-state index >= 15 is 0 Å². The van der Waals surface area contributed by atoms with E-state index in [1.165, 1.54) is 6.08 Å². The van der Waals surface area contributed by atoms with Crippen LogP contribution in [0, 0.1) is 0 Å². The zero-order chi connectivity index (χ0) is 22.3. The topological polar surface area (TPSA) is 104 Å². The highest BCUT2D eigenvalue weighted by Gasteiger charge is 2.39. The SMILES string of the molecule is O=C(O)CCC(=O)N[C@@H](CC(=O)O)Cc1ccc(C2CC=CC=C2C(F)(F)F)cc1. The van der Waals surface area contributed by atoms with Gasteiger partial charge in [0, 0.05) is 24.0 Å². The highest BCUT2D eigenvalue weighted by molar-refractivity contribution is 5.81. The van der Waals surface area contributed by atoms with E-state index in [2.05, 4.69) is 5.32 Å². The minimum absolute atomic E-state index is 0.151. The fourth-order valence-corrected chi connectivity index (χ4v) is 3.31. The molecule has 0 saturated heterocycles. The minimum atomic E-state index is -4.43. The lowest BCUT2D eigenvalue weighted by atomic mass is 9.84. The summed E-state index contributed by atoms with van der Waals surface area (Å²) < 4.78 is 39.7. The van der Waals surface area contributed by atoms with Crippen molar-refractivity contribution in [1.82, 2.24) is 5.32 Å². The van der Waals surface area contributed by atoms with Gasteiger partial charge >= 0.3 is 18.1 Å². The number of aliphatic carboxylic acids is 2. The summed E-state index contributed by atoms with van der Waals surface area (Å²) in [6.45, 7) is 0. The third-order valence-electron chi connectivity index (χ3n) is 4.70. The molecular formula is C21H22F3NO5. The number of carboxylic acid groups (broad SMARTS) is 2. The average Bonchev–Trinajstić information content (AvgIpc) is 2.66. The van der Waals surface area contributed by atoms with E-state index in [1.54, 1.807) is 30.3 Å². The predicted molar refractivity (Wildman–Crippen MR) is 102 cm³/mol. The minimum Gasteiger partial charge on any atom is -0.481 e. The van der Waals surface area contributed by atoms with Gasteiger partial charge in [0.15, 0.2) is 0 Å². The Morgan fingerprint density at radius 1 is 1.07 bits per heavy atom. The second kappa shape index (κ2) is 10.1. The number of rotatable bonds is 9. The average molecular weight is 425 g/mol. The molecule has 0 bridgehead atoms. The first kappa shape index (κ1) is 23.2. The van der Waals surface area contributed by atoms with Crippen molar-refractivity contribution in [2.75, 3.05) is 0 Å². The van der Waals surface area contributed by atoms with E-state index < -0.39 is 41.6 Å². The van der Waals surface area contributed by atoms with Crippen molar-refractivity contribution >= 4 is 17.8 Å². The molecule has 0 spiro atoms. The molecule has 0 saturated carbocycles. The summed E-state index contributed by atoms with van der Waals surface area (Å²) in [5, 5.41) is 20.2. The number of carbonyl (C=O) groups excluding carboxylic acids is 1. The molecule has 1 unspecified atom stereocenters. The molecule has 2 atom stereocenters. The Labute approximate surface area is 171 Å². The van der Waals surface area contributed by atoms with Gasteiger partial charge < -0.3 is 15.5 Å². The molecule has 0 fully saturated rings. The largest absolute Gasteiger partial charge is 0.481 e. The number of allylic oxidation sites excluding steroid dienone is 4. The zero-order valence-corrected chi connectivity index (χ0v) is 16.0. The van der Waals surface area contributed by atoms with Gasteiger partial charge in [-0.3, -0.25) is 14.4 Å². The smallest absolute Gasteiger partial charge is 0.413 e. The molecule has 162 valence electrons. The van der Waals surface area contributed by atoms with Gasteiger partial charge in [-0.25, -0.2) is 0 Å². The Morgan fingerprint density at radius 2 is 1.73 bits per heavy atom. The highest BCUT2D eigenvalue weighted by Crippen LogP contribution is 2.41. The van der Waals surface area contributed by atoms with Crippen molar-refractivity contribution in [2.24, 2.45) is 0 Å². The van der Waals surface area contributed by atoms with E-state index in [-0.39, 0.29) is 32.1 Å². The highest BCUT2D eigenvalue weighted by atomic mass is 19.4. The fraction of sp³-hybridized carbons (Fsp3) is 0.381. The van der Waals surface area contributed by atoms with Crippen LogP contribution in [-0.4, -0.2) is 40.3 Å². The summed E-state index contributed by atoms with van der Waals surface area (Å²) in [7, 11) is 0. The molecule has 30 heavy (non-hydrogen) atoms. The van der Waals surface area contributed by atoms with Crippen molar-refractivity contribution in [3.8, 4) is 0 Å². The van der Waals surface area contributed by atoms with Crippen molar-refractivity contribution in [1.29, 1.82) is 0 Å². The number of carbonyl (C=O) groups is 3. The third kappa shape index (κ3) is 7.06. The lowest BCUT2D eigenvalue weighted by molar-refractivity contribution is -0.140. The standard InChI is InChI=1S/C21H22F3NO5/c22-21(23,24)17-4-2-1-3-16(17)14-7-5-13(6-8-14)11-15(12-20(29)30)25-18(26)9-10-19(27)28/h1-2,4-8,15-16H,3,9-12H2,(H,25,26)(H,27,28)(H,29,30)/t15-,16?/m1/s1. The van der Waals surface area contributed by atoms with Crippen LogP contribution in [0.15, 0.2) is 48.1 Å². The molecule has 1 aliphatic carbocycles. The van der Waals surface area contributed by atoms with Gasteiger partial charge in [0.2, 0.25) is 5.91 Å². The monoisotopic (exact) mass is 425 g/mol. The summed E-state index contributed by atoms with van der Waals surface area (Å²) >= 11 is 0. The predicted octanol–water partition coefficient (Wildman–Crippen LogP) is 3.59. The molecule has 6 nitrogen and oxygen atoms in total. The number of nitrogens with one attached hydrogen (secondary N) is 1. The van der Waals surface area contributed by atoms with Gasteiger partial charge in [-0.1, -0.05) is 42.5 Å². The second-order valence-corrected chi connectivity index (χ2v) is 7.04. The van der Waals surface area contributed by atoms with Crippen LogP contribution in [0.25, 0.3) is 0 Å². The molecule has 9 heteroatoms. The van der Waals surface area contributed by atoms with Gasteiger partial charge in [-0.2, -0.15) is 13.2 Å². The summed E-state index contributed by atoms with van der Waals surface area (Å²) in [6.07, 6.45) is -0.935. The first-order valence-electron chi connectivity index (χ1n) is 9.32. The fourth-order valence-electron chi connectivity index (χ4n) is 3.31. The number of hydrogen-bond donors (Lipinski definition) is 3. The maximum atomic E-state index is 13.2. The molecule has 1 aromatic rings. The molecule has 0 radical (unpaired) electrons. The van der Waals surface area contributed by atoms with Crippen LogP contribution in [0.3, 0.4) is 0 Å². The van der Waals surface area contributed by atoms with Crippen LogP contribution in [0.1, 0.15) is 42.7 Å². The number of hydrogen-bond acceptors (Lipinski definition) is 3. The Kier molecular flexibility index (Phi) is 7.79. The third-order valence-corrected chi connectivity index (χ3v) is 4.70. The second-order valence-electron chi connectivity index (χ2n) is 7.04. The lowest BCUT2D eigenvalue weighted by Gasteiger charge is -2.24. The number of benzene rings is 1. The number of halogens is 3. The molecular weight excluding hydrogens is 403 g/mol. The summed E-state index contributed by atoms with van der Waals surface area (Å²) in [5.74, 6) is -3.66. The molecule has 2 rings (SSSR count). The Morgan fingerprint density at radius 3 is 2.30 bits per heavy atom. The van der Waals surface area contributed by atoms with Crippen LogP contribution >= 0.6 is 0 Å². The maximum Gasteiger partial charge on any atom is 0.413 e. The molecule has 3 N–H and O–H groups in total. The van der Waals surface area contributed by atoms with Crippen LogP contribution in [-0.2, 0) is 20.8 Å². The first-order valence-corrected chi connectivity index (χ1v) is 9.32. The molecule has 1 aromatic carbocycles. The molecule has 1 amide bonds. The van der Waals surface area contributed by atoms with Crippen molar-refractivity contribution in [3.63, 3.8) is 0 Å².